The highest BCUT2D eigenvalue weighted by Gasteiger charge is 2.29. The summed E-state index contributed by atoms with van der Waals surface area (Å²) in [5, 5.41) is 13.6. The second-order valence-corrected chi connectivity index (χ2v) is 7.78. The third-order valence-electron chi connectivity index (χ3n) is 5.11. The van der Waals surface area contributed by atoms with Crippen molar-refractivity contribution in [2.45, 2.75) is 64.8 Å². The van der Waals surface area contributed by atoms with Gasteiger partial charge >= 0.3 is 0 Å². The fraction of sp³-hybridized carbons (Fsp3) is 0.550. The molecule has 0 aromatic heterocycles. The van der Waals surface area contributed by atoms with Gasteiger partial charge in [0, 0.05) is 28.8 Å². The van der Waals surface area contributed by atoms with Crippen molar-refractivity contribution in [2.75, 3.05) is 0 Å². The van der Waals surface area contributed by atoms with Crippen LogP contribution >= 0.6 is 0 Å². The molecule has 2 aliphatic rings. The normalized spacial score (nSPS) is 22.5. The Morgan fingerprint density at radius 1 is 1.26 bits per heavy atom. The van der Waals surface area contributed by atoms with Crippen LogP contribution in [0.3, 0.4) is 0 Å². The first-order valence-electron chi connectivity index (χ1n) is 8.72. The van der Waals surface area contributed by atoms with Crippen LogP contribution in [-0.4, -0.2) is 16.4 Å². The Morgan fingerprint density at radius 3 is 2.65 bits per heavy atom. The van der Waals surface area contributed by atoms with Gasteiger partial charge in [0.1, 0.15) is 5.75 Å². The Morgan fingerprint density at radius 2 is 1.96 bits per heavy atom. The predicted octanol–water partition coefficient (Wildman–Crippen LogP) is 4.12. The van der Waals surface area contributed by atoms with Crippen LogP contribution in [0, 0.1) is 12.8 Å². The van der Waals surface area contributed by atoms with Gasteiger partial charge in [0.05, 0.1) is 0 Å². The highest BCUT2D eigenvalue weighted by Crippen LogP contribution is 2.34. The molecule has 1 saturated carbocycles. The molecule has 1 aromatic carbocycles. The van der Waals surface area contributed by atoms with Crippen LogP contribution < -0.4 is 5.32 Å². The number of fused-ring (bicyclic) bond motifs is 1. The maximum atomic E-state index is 12.7. The summed E-state index contributed by atoms with van der Waals surface area (Å²) < 4.78 is 0. The minimum Gasteiger partial charge on any atom is -0.508 e. The third-order valence-corrected chi connectivity index (χ3v) is 5.11. The number of aryl methyl sites for hydroxylation is 1. The van der Waals surface area contributed by atoms with E-state index in [0.29, 0.717) is 5.75 Å². The fourth-order valence-electron chi connectivity index (χ4n) is 3.87. The molecule has 0 bridgehead atoms. The van der Waals surface area contributed by atoms with E-state index in [1.807, 2.05) is 13.0 Å². The quantitative estimate of drug-likeness (QED) is 0.808. The lowest BCUT2D eigenvalue weighted by Gasteiger charge is -2.36. The Bertz CT molecular complexity index is 652. The van der Waals surface area contributed by atoms with E-state index >= 15 is 0 Å². The first-order valence-corrected chi connectivity index (χ1v) is 8.72. The molecule has 3 rings (SSSR count). The zero-order valence-corrected chi connectivity index (χ0v) is 14.4. The lowest BCUT2D eigenvalue weighted by atomic mass is 9.82. The van der Waals surface area contributed by atoms with Crippen molar-refractivity contribution in [3.05, 3.63) is 34.9 Å². The van der Waals surface area contributed by atoms with E-state index in [-0.39, 0.29) is 17.2 Å². The summed E-state index contributed by atoms with van der Waals surface area (Å²) >= 11 is 0. The van der Waals surface area contributed by atoms with Gasteiger partial charge in [0.15, 0.2) is 5.78 Å². The van der Waals surface area contributed by atoms with E-state index in [1.165, 1.54) is 12.0 Å². The summed E-state index contributed by atoms with van der Waals surface area (Å²) in [5.74, 6) is 0.697. The van der Waals surface area contributed by atoms with E-state index < -0.39 is 0 Å². The van der Waals surface area contributed by atoms with Crippen LogP contribution in [0.25, 0.3) is 5.70 Å². The maximum absolute atomic E-state index is 12.7. The molecule has 0 unspecified atom stereocenters. The standard InChI is InChI=1S/C20H27NO2/c1-13-9-15-12-20(2,3)21-17(16(15)10-18(13)22)11-19(23)14-7-5-4-6-8-14/h9-11,14,21-22H,4-8,12H2,1-3H3/b17-11-. The van der Waals surface area contributed by atoms with E-state index in [1.54, 1.807) is 12.1 Å². The SMILES string of the molecule is Cc1cc2c(cc1O)/C(=C/C(=O)C1CCCCC1)NC(C)(C)C2. The lowest BCUT2D eigenvalue weighted by molar-refractivity contribution is -0.119. The molecule has 124 valence electrons. The van der Waals surface area contributed by atoms with Crippen LogP contribution in [-0.2, 0) is 11.2 Å². The van der Waals surface area contributed by atoms with Crippen LogP contribution in [0.5, 0.6) is 5.75 Å². The minimum atomic E-state index is -0.0882. The maximum Gasteiger partial charge on any atom is 0.160 e. The summed E-state index contributed by atoms with van der Waals surface area (Å²) in [6.07, 6.45) is 8.27. The summed E-state index contributed by atoms with van der Waals surface area (Å²) in [6.45, 7) is 6.22. The molecule has 2 N–H and O–H groups in total. The summed E-state index contributed by atoms with van der Waals surface area (Å²) in [4.78, 5) is 12.7. The van der Waals surface area contributed by atoms with Gasteiger partial charge in [-0.15, -0.1) is 0 Å². The molecule has 3 heteroatoms. The monoisotopic (exact) mass is 313 g/mol. The van der Waals surface area contributed by atoms with Crippen molar-refractivity contribution in [1.29, 1.82) is 0 Å². The number of aromatic hydroxyl groups is 1. The van der Waals surface area contributed by atoms with Gasteiger partial charge in [-0.25, -0.2) is 0 Å². The molecular formula is C20H27NO2. The number of ketones is 1. The number of hydrogen-bond acceptors (Lipinski definition) is 3. The van der Waals surface area contributed by atoms with Crippen LogP contribution in [0.1, 0.15) is 62.6 Å². The van der Waals surface area contributed by atoms with E-state index in [4.69, 9.17) is 0 Å². The second-order valence-electron chi connectivity index (χ2n) is 7.78. The topological polar surface area (TPSA) is 49.3 Å². The Hall–Kier alpha value is -1.77. The van der Waals surface area contributed by atoms with Crippen molar-refractivity contribution in [2.24, 2.45) is 5.92 Å². The number of phenolic OH excluding ortho intramolecular Hbond substituents is 1. The zero-order valence-electron chi connectivity index (χ0n) is 14.4. The van der Waals surface area contributed by atoms with Gasteiger partial charge in [-0.3, -0.25) is 4.79 Å². The van der Waals surface area contributed by atoms with Crippen molar-refractivity contribution in [3.8, 4) is 5.75 Å². The Balaban J connectivity index is 1.96. The van der Waals surface area contributed by atoms with Crippen molar-refractivity contribution in [1.82, 2.24) is 5.32 Å². The number of nitrogens with one attached hydrogen (secondary N) is 1. The van der Waals surface area contributed by atoms with Gasteiger partial charge in [0.25, 0.3) is 0 Å². The molecule has 1 aliphatic carbocycles. The van der Waals surface area contributed by atoms with E-state index in [2.05, 4.69) is 19.2 Å². The van der Waals surface area contributed by atoms with E-state index in [0.717, 1.165) is 48.9 Å². The third kappa shape index (κ3) is 3.44. The Labute approximate surface area is 138 Å². The van der Waals surface area contributed by atoms with Gasteiger partial charge in [0.2, 0.25) is 0 Å². The number of hydrogen-bond donors (Lipinski definition) is 2. The molecule has 0 saturated heterocycles. The number of carbonyl (C=O) groups is 1. The molecule has 1 fully saturated rings. The average Bonchev–Trinajstić information content (AvgIpc) is 2.49. The summed E-state index contributed by atoms with van der Waals surface area (Å²) in [6, 6.07) is 3.85. The number of carbonyl (C=O) groups excluding carboxylic acids is 1. The van der Waals surface area contributed by atoms with Crippen LogP contribution in [0.4, 0.5) is 0 Å². The molecule has 0 atom stereocenters. The molecule has 1 aliphatic heterocycles. The van der Waals surface area contributed by atoms with Crippen molar-refractivity contribution in [3.63, 3.8) is 0 Å². The summed E-state index contributed by atoms with van der Waals surface area (Å²) in [7, 11) is 0. The van der Waals surface area contributed by atoms with Gasteiger partial charge in [-0.05, 0) is 57.2 Å². The Kier molecular flexibility index (Phi) is 4.22. The van der Waals surface area contributed by atoms with Crippen LogP contribution in [0.15, 0.2) is 18.2 Å². The zero-order chi connectivity index (χ0) is 16.6. The minimum absolute atomic E-state index is 0.0882. The number of phenols is 1. The van der Waals surface area contributed by atoms with Gasteiger partial charge < -0.3 is 10.4 Å². The number of rotatable bonds is 2. The molecule has 0 amide bonds. The number of allylic oxidation sites excluding steroid dienone is 1. The predicted molar refractivity (Wildman–Crippen MR) is 93.3 cm³/mol. The van der Waals surface area contributed by atoms with Crippen molar-refractivity contribution < 1.29 is 9.90 Å². The lowest BCUT2D eigenvalue weighted by Crippen LogP contribution is -2.44. The van der Waals surface area contributed by atoms with Gasteiger partial charge in [-0.2, -0.15) is 0 Å². The van der Waals surface area contributed by atoms with Crippen molar-refractivity contribution >= 4 is 11.5 Å². The highest BCUT2D eigenvalue weighted by atomic mass is 16.3. The fourth-order valence-corrected chi connectivity index (χ4v) is 3.87. The second kappa shape index (κ2) is 6.03. The molecule has 0 radical (unpaired) electrons. The first kappa shape index (κ1) is 16.1. The average molecular weight is 313 g/mol. The molecular weight excluding hydrogens is 286 g/mol. The molecule has 1 heterocycles. The van der Waals surface area contributed by atoms with E-state index in [9.17, 15) is 9.90 Å². The smallest absolute Gasteiger partial charge is 0.160 e. The molecule has 23 heavy (non-hydrogen) atoms. The van der Waals surface area contributed by atoms with Crippen LogP contribution in [0.2, 0.25) is 0 Å². The summed E-state index contributed by atoms with van der Waals surface area (Å²) in [5.41, 5.74) is 3.83. The highest BCUT2D eigenvalue weighted by molar-refractivity contribution is 5.98. The molecule has 1 aromatic rings. The largest absolute Gasteiger partial charge is 0.508 e. The number of benzene rings is 1. The van der Waals surface area contributed by atoms with Gasteiger partial charge in [-0.1, -0.05) is 25.3 Å². The first-order chi connectivity index (χ1) is 10.9. The molecule has 0 spiro atoms. The molecule has 3 nitrogen and oxygen atoms in total.